The summed E-state index contributed by atoms with van der Waals surface area (Å²) >= 11 is 0. The number of carbonyl (C=O) groups excluding carboxylic acids is 1. The third-order valence-corrected chi connectivity index (χ3v) is 12.0. The molecule has 56 heavy (non-hydrogen) atoms. The van der Waals surface area contributed by atoms with Crippen molar-refractivity contribution < 1.29 is 9.53 Å². The highest BCUT2D eigenvalue weighted by Crippen LogP contribution is 2.37. The number of carbonyl (C=O) groups is 1. The van der Waals surface area contributed by atoms with Crippen LogP contribution in [0.1, 0.15) is 30.4 Å². The number of hydrogen-bond donors (Lipinski definition) is 3. The van der Waals surface area contributed by atoms with Gasteiger partial charge in [-0.3, -0.25) is 9.69 Å². The number of aryl methyl sites for hydroxylation is 1. The molecular formula is C45H51N9O2. The minimum atomic E-state index is 0.0419. The molecule has 0 unspecified atom stereocenters. The number of nitrogens with zero attached hydrogens (tertiary/aromatic N) is 6. The Morgan fingerprint density at radius 1 is 0.839 bits per heavy atom. The van der Waals surface area contributed by atoms with Gasteiger partial charge in [-0.05, 0) is 109 Å². The molecule has 0 saturated carbocycles. The number of rotatable bonds is 8. The molecule has 0 bridgehead atoms. The first kappa shape index (κ1) is 35.9. The average molecular weight is 750 g/mol. The standard InChI is InChI=1S/C45H51N9O2/c1-30-24-39(10-11-41(30)54-18-14-43(55)49-32(54)3)52-16-12-33(13-17-52)29-51-19-21-53(22-20-51)38-8-6-37(7-9-38)50-42-26-36-25-34(4-5-35(36)27-47-42)40-28-48-45-44(31(40)2)46-15-23-56-45/h4-11,24-28,33,46H,3,12-23,29H2,1-2H3,(H,47,50)(H,49,55). The second kappa shape index (κ2) is 15.4. The molecule has 0 radical (unpaired) electrons. The van der Waals surface area contributed by atoms with Crippen molar-refractivity contribution in [1.29, 1.82) is 0 Å². The molecule has 0 aliphatic carbocycles. The maximum absolute atomic E-state index is 11.7. The van der Waals surface area contributed by atoms with E-state index in [9.17, 15) is 4.79 Å². The van der Waals surface area contributed by atoms with Crippen molar-refractivity contribution >= 4 is 50.9 Å². The van der Waals surface area contributed by atoms with E-state index in [1.54, 1.807) is 0 Å². The Labute approximate surface area is 329 Å². The summed E-state index contributed by atoms with van der Waals surface area (Å²) in [6, 6.07) is 24.1. The summed E-state index contributed by atoms with van der Waals surface area (Å²) < 4.78 is 5.74. The topological polar surface area (TPSA) is 101 Å². The summed E-state index contributed by atoms with van der Waals surface area (Å²) in [6.45, 7) is 18.1. The molecule has 1 amide bonds. The summed E-state index contributed by atoms with van der Waals surface area (Å²) in [5, 5.41) is 12.1. The van der Waals surface area contributed by atoms with Gasteiger partial charge in [0.15, 0.2) is 0 Å². The monoisotopic (exact) mass is 749 g/mol. The summed E-state index contributed by atoms with van der Waals surface area (Å²) in [7, 11) is 0. The fourth-order valence-electron chi connectivity index (χ4n) is 8.76. The van der Waals surface area contributed by atoms with Crippen molar-refractivity contribution in [3.63, 3.8) is 0 Å². The summed E-state index contributed by atoms with van der Waals surface area (Å²) in [5.74, 6) is 2.94. The Hall–Kier alpha value is -5.81. The molecule has 2 aromatic heterocycles. The molecule has 3 saturated heterocycles. The van der Waals surface area contributed by atoms with Crippen molar-refractivity contribution in [2.24, 2.45) is 5.92 Å². The Morgan fingerprint density at radius 3 is 2.41 bits per heavy atom. The minimum Gasteiger partial charge on any atom is -0.474 e. The number of nitrogens with one attached hydrogen (secondary N) is 3. The second-order valence-corrected chi connectivity index (χ2v) is 15.6. The average Bonchev–Trinajstić information content (AvgIpc) is 3.22. The molecule has 3 fully saturated rings. The molecule has 6 heterocycles. The maximum Gasteiger partial charge on any atom is 0.237 e. The van der Waals surface area contributed by atoms with Crippen LogP contribution in [0.15, 0.2) is 91.5 Å². The van der Waals surface area contributed by atoms with Crippen molar-refractivity contribution in [3.8, 4) is 17.0 Å². The largest absolute Gasteiger partial charge is 0.474 e. The van der Waals surface area contributed by atoms with Crippen molar-refractivity contribution in [2.75, 3.05) is 90.8 Å². The van der Waals surface area contributed by atoms with Gasteiger partial charge in [0.2, 0.25) is 11.8 Å². The van der Waals surface area contributed by atoms with Crippen LogP contribution < -0.4 is 35.4 Å². The number of aromatic nitrogens is 2. The van der Waals surface area contributed by atoms with Crippen LogP contribution in [0.5, 0.6) is 5.88 Å². The number of hydrogen-bond acceptors (Lipinski definition) is 10. The SMILES string of the molecule is C=C1NC(=O)CCN1c1ccc(N2CCC(CN3CCN(c4ccc(Nc5cc6cc(-c7cnc8c(c7C)NCCO8)ccc6cn5)cc4)CC3)CC2)cc1C. The summed E-state index contributed by atoms with van der Waals surface area (Å²) in [4.78, 5) is 30.9. The molecule has 4 aliphatic heterocycles. The zero-order valence-corrected chi connectivity index (χ0v) is 32.5. The number of piperazine rings is 1. The van der Waals surface area contributed by atoms with Crippen LogP contribution in [0.2, 0.25) is 0 Å². The van der Waals surface area contributed by atoms with Crippen LogP contribution in [-0.4, -0.2) is 86.3 Å². The number of piperidine rings is 1. The molecule has 4 aliphatic rings. The Morgan fingerprint density at radius 2 is 1.62 bits per heavy atom. The lowest BCUT2D eigenvalue weighted by Crippen LogP contribution is -2.49. The highest BCUT2D eigenvalue weighted by Gasteiger charge is 2.26. The van der Waals surface area contributed by atoms with Crippen molar-refractivity contribution in [2.45, 2.75) is 33.1 Å². The molecule has 0 atom stereocenters. The van der Waals surface area contributed by atoms with E-state index in [1.165, 1.54) is 36.3 Å². The first-order valence-electron chi connectivity index (χ1n) is 20.1. The van der Waals surface area contributed by atoms with Gasteiger partial charge in [0.25, 0.3) is 0 Å². The van der Waals surface area contributed by atoms with E-state index < -0.39 is 0 Å². The number of ether oxygens (including phenoxy) is 1. The van der Waals surface area contributed by atoms with Gasteiger partial charge in [0.1, 0.15) is 23.9 Å². The highest BCUT2D eigenvalue weighted by atomic mass is 16.5. The zero-order chi connectivity index (χ0) is 38.2. The molecule has 0 spiro atoms. The summed E-state index contributed by atoms with van der Waals surface area (Å²) in [6.07, 6.45) is 6.78. The fraction of sp³-hybridized carbons (Fsp3) is 0.356. The lowest BCUT2D eigenvalue weighted by molar-refractivity contribution is -0.120. The zero-order valence-electron chi connectivity index (χ0n) is 32.5. The van der Waals surface area contributed by atoms with Gasteiger partial charge >= 0.3 is 0 Å². The van der Waals surface area contributed by atoms with Gasteiger partial charge in [0, 0.05) is 111 Å². The van der Waals surface area contributed by atoms with E-state index in [2.05, 4.69) is 128 Å². The number of pyridine rings is 2. The first-order chi connectivity index (χ1) is 27.3. The second-order valence-electron chi connectivity index (χ2n) is 15.6. The van der Waals surface area contributed by atoms with E-state index in [0.717, 1.165) is 102 Å². The smallest absolute Gasteiger partial charge is 0.237 e. The van der Waals surface area contributed by atoms with E-state index in [-0.39, 0.29) is 5.91 Å². The van der Waals surface area contributed by atoms with E-state index in [0.29, 0.717) is 31.3 Å². The van der Waals surface area contributed by atoms with Crippen molar-refractivity contribution in [3.05, 3.63) is 103 Å². The normalized spacial score (nSPS) is 18.0. The van der Waals surface area contributed by atoms with E-state index >= 15 is 0 Å². The third-order valence-electron chi connectivity index (χ3n) is 12.0. The molecular weight excluding hydrogens is 699 g/mol. The summed E-state index contributed by atoms with van der Waals surface area (Å²) in [5.41, 5.74) is 10.3. The van der Waals surface area contributed by atoms with Gasteiger partial charge in [-0.15, -0.1) is 0 Å². The van der Waals surface area contributed by atoms with Crippen LogP contribution >= 0.6 is 0 Å². The predicted molar refractivity (Wildman–Crippen MR) is 227 cm³/mol. The van der Waals surface area contributed by atoms with E-state index in [1.807, 2.05) is 12.4 Å². The Balaban J connectivity index is 0.755. The number of fused-ring (bicyclic) bond motifs is 2. The predicted octanol–water partition coefficient (Wildman–Crippen LogP) is 7.30. The van der Waals surface area contributed by atoms with Gasteiger partial charge in [-0.1, -0.05) is 18.7 Å². The number of amides is 1. The van der Waals surface area contributed by atoms with Gasteiger partial charge in [-0.25, -0.2) is 9.97 Å². The lowest BCUT2D eigenvalue weighted by atomic mass is 9.95. The third kappa shape index (κ3) is 7.43. The van der Waals surface area contributed by atoms with Gasteiger partial charge in [0.05, 0.1) is 0 Å². The lowest BCUT2D eigenvalue weighted by Gasteiger charge is -2.40. The molecule has 11 nitrogen and oxygen atoms in total. The first-order valence-corrected chi connectivity index (χ1v) is 20.1. The van der Waals surface area contributed by atoms with Gasteiger partial charge < -0.3 is 35.4 Å². The quantitative estimate of drug-likeness (QED) is 0.150. The molecule has 11 heteroatoms. The minimum absolute atomic E-state index is 0.0419. The molecule has 288 valence electrons. The number of benzene rings is 3. The molecule has 5 aromatic rings. The Bertz CT molecular complexity index is 2260. The molecule has 3 N–H and O–H groups in total. The fourth-order valence-corrected chi connectivity index (χ4v) is 8.76. The van der Waals surface area contributed by atoms with Crippen LogP contribution in [-0.2, 0) is 4.79 Å². The number of anilines is 6. The van der Waals surface area contributed by atoms with Crippen molar-refractivity contribution in [1.82, 2.24) is 20.2 Å². The van der Waals surface area contributed by atoms with Crippen LogP contribution in [0, 0.1) is 19.8 Å². The van der Waals surface area contributed by atoms with E-state index in [4.69, 9.17) is 9.72 Å². The Kier molecular flexibility index (Phi) is 9.85. The van der Waals surface area contributed by atoms with Crippen LogP contribution in [0.25, 0.3) is 21.9 Å². The molecule has 3 aromatic carbocycles. The van der Waals surface area contributed by atoms with Gasteiger partial charge in [-0.2, -0.15) is 0 Å². The maximum atomic E-state index is 11.7. The molecule has 9 rings (SSSR count). The van der Waals surface area contributed by atoms with Crippen LogP contribution in [0.4, 0.5) is 34.3 Å². The van der Waals surface area contributed by atoms with Crippen LogP contribution in [0.3, 0.4) is 0 Å². The highest BCUT2D eigenvalue weighted by molar-refractivity contribution is 5.90.